The molecule has 0 fully saturated rings. The second kappa shape index (κ2) is 8.37. The van der Waals surface area contributed by atoms with E-state index in [1.807, 2.05) is 47.9 Å². The highest BCUT2D eigenvalue weighted by atomic mass is 35.5. The molecule has 1 aromatic carbocycles. The van der Waals surface area contributed by atoms with Gasteiger partial charge in [-0.2, -0.15) is 0 Å². The Morgan fingerprint density at radius 1 is 1.11 bits per heavy atom. The lowest BCUT2D eigenvalue weighted by atomic mass is 10.2. The van der Waals surface area contributed by atoms with Crippen LogP contribution in [0.2, 0.25) is 5.02 Å². The fourth-order valence-electron chi connectivity index (χ4n) is 2.54. The molecule has 28 heavy (non-hydrogen) atoms. The second-order valence-electron chi connectivity index (χ2n) is 5.59. The first kappa shape index (κ1) is 18.4. The van der Waals surface area contributed by atoms with Crippen LogP contribution in [-0.2, 0) is 0 Å². The summed E-state index contributed by atoms with van der Waals surface area (Å²) in [5.41, 5.74) is 1.74. The van der Waals surface area contributed by atoms with E-state index in [1.165, 1.54) is 18.1 Å². The first-order valence-corrected chi connectivity index (χ1v) is 9.68. The molecule has 140 valence electrons. The summed E-state index contributed by atoms with van der Waals surface area (Å²) >= 11 is 7.43. The van der Waals surface area contributed by atoms with Crippen LogP contribution in [0.5, 0.6) is 5.88 Å². The van der Waals surface area contributed by atoms with Crippen LogP contribution < -0.4 is 4.74 Å². The maximum Gasteiger partial charge on any atom is 0.217 e. The number of rotatable bonds is 6. The van der Waals surface area contributed by atoms with Crippen LogP contribution in [-0.4, -0.2) is 36.3 Å². The van der Waals surface area contributed by atoms with Crippen LogP contribution >= 0.6 is 23.4 Å². The van der Waals surface area contributed by atoms with Gasteiger partial charge in [-0.05, 0) is 55.1 Å². The molecule has 0 aliphatic carbocycles. The minimum absolute atomic E-state index is 0.519. The number of hydrogen-bond donors (Lipinski definition) is 0. The fourth-order valence-corrected chi connectivity index (χ4v) is 3.48. The molecule has 0 atom stereocenters. The molecule has 4 aromatic rings. The van der Waals surface area contributed by atoms with E-state index >= 15 is 0 Å². The number of pyridine rings is 1. The van der Waals surface area contributed by atoms with Crippen molar-refractivity contribution in [1.29, 1.82) is 0 Å². The maximum atomic E-state index is 6.06. The van der Waals surface area contributed by atoms with Gasteiger partial charge in [-0.15, -0.1) is 10.2 Å². The van der Waals surface area contributed by atoms with Crippen molar-refractivity contribution in [1.82, 2.24) is 29.7 Å². The molecule has 0 spiro atoms. The van der Waals surface area contributed by atoms with Gasteiger partial charge >= 0.3 is 0 Å². The Hall–Kier alpha value is -2.97. The van der Waals surface area contributed by atoms with E-state index in [2.05, 4.69) is 25.1 Å². The van der Waals surface area contributed by atoms with E-state index in [9.17, 15) is 0 Å². The van der Waals surface area contributed by atoms with E-state index < -0.39 is 0 Å². The normalized spacial score (nSPS) is 10.8. The Morgan fingerprint density at radius 3 is 2.71 bits per heavy atom. The van der Waals surface area contributed by atoms with Crippen molar-refractivity contribution in [3.63, 3.8) is 0 Å². The number of halogens is 1. The molecule has 0 bridgehead atoms. The average Bonchev–Trinajstić information content (AvgIpc) is 3.13. The monoisotopic (exact) mass is 410 g/mol. The number of hydrogen-bond acceptors (Lipinski definition) is 7. The third kappa shape index (κ3) is 3.97. The summed E-state index contributed by atoms with van der Waals surface area (Å²) < 4.78 is 7.40. The average molecular weight is 411 g/mol. The highest BCUT2D eigenvalue weighted by Gasteiger charge is 2.18. The lowest BCUT2D eigenvalue weighted by Gasteiger charge is -2.10. The summed E-state index contributed by atoms with van der Waals surface area (Å²) in [5, 5.41) is 10.8. The molecular formula is C19H15ClN6OS. The minimum atomic E-state index is 0.519. The van der Waals surface area contributed by atoms with Gasteiger partial charge in [0.05, 0.1) is 6.61 Å². The van der Waals surface area contributed by atoms with Crippen molar-refractivity contribution >= 4 is 23.4 Å². The van der Waals surface area contributed by atoms with Gasteiger partial charge in [0.1, 0.15) is 11.4 Å². The van der Waals surface area contributed by atoms with Gasteiger partial charge in [0.25, 0.3) is 0 Å². The van der Waals surface area contributed by atoms with Gasteiger partial charge in [-0.1, -0.05) is 11.6 Å². The predicted molar refractivity (Wildman–Crippen MR) is 107 cm³/mol. The van der Waals surface area contributed by atoms with Gasteiger partial charge in [0.2, 0.25) is 11.0 Å². The molecule has 0 saturated carbocycles. The summed E-state index contributed by atoms with van der Waals surface area (Å²) in [6.07, 6.45) is 4.94. The number of aromatic nitrogens is 6. The standard InChI is InChI=1S/C19H15ClN6OS/c1-2-27-16-10-17(23-12-22-16)28-19-25-24-18(13-4-3-9-21-11-13)26(19)15-7-5-14(20)6-8-15/h3-12H,2H2,1H3. The third-order valence-electron chi connectivity index (χ3n) is 3.74. The Bertz CT molecular complexity index is 1070. The van der Waals surface area contributed by atoms with E-state index in [4.69, 9.17) is 16.3 Å². The van der Waals surface area contributed by atoms with Crippen molar-refractivity contribution < 1.29 is 4.74 Å². The van der Waals surface area contributed by atoms with Crippen LogP contribution in [0.15, 0.2) is 71.4 Å². The number of nitrogens with zero attached hydrogens (tertiary/aromatic N) is 6. The zero-order valence-electron chi connectivity index (χ0n) is 14.9. The van der Waals surface area contributed by atoms with E-state index in [1.54, 1.807) is 18.5 Å². The highest BCUT2D eigenvalue weighted by molar-refractivity contribution is 7.99. The van der Waals surface area contributed by atoms with Crippen molar-refractivity contribution in [3.05, 3.63) is 66.2 Å². The maximum absolute atomic E-state index is 6.06. The van der Waals surface area contributed by atoms with Gasteiger partial charge in [0, 0.05) is 34.7 Å². The molecule has 0 aliphatic heterocycles. The quantitative estimate of drug-likeness (QED) is 0.438. The molecule has 0 aliphatic rings. The Labute approximate surface area is 170 Å². The molecule has 3 aromatic heterocycles. The molecule has 3 heterocycles. The molecular weight excluding hydrogens is 396 g/mol. The van der Waals surface area contributed by atoms with Crippen molar-refractivity contribution in [2.24, 2.45) is 0 Å². The van der Waals surface area contributed by atoms with Gasteiger partial charge in [-0.25, -0.2) is 9.97 Å². The number of ether oxygens (including phenoxy) is 1. The predicted octanol–water partition coefficient (Wildman–Crippen LogP) is 4.32. The molecule has 0 N–H and O–H groups in total. The Balaban J connectivity index is 1.78. The van der Waals surface area contributed by atoms with Gasteiger partial charge in [0.15, 0.2) is 5.82 Å². The van der Waals surface area contributed by atoms with Gasteiger partial charge < -0.3 is 4.74 Å². The smallest absolute Gasteiger partial charge is 0.217 e. The van der Waals surface area contributed by atoms with Crippen molar-refractivity contribution in [2.45, 2.75) is 17.1 Å². The van der Waals surface area contributed by atoms with Gasteiger partial charge in [-0.3, -0.25) is 9.55 Å². The summed E-state index contributed by atoms with van der Waals surface area (Å²) in [6.45, 7) is 2.44. The lowest BCUT2D eigenvalue weighted by molar-refractivity contribution is 0.325. The van der Waals surface area contributed by atoms with E-state index in [0.29, 0.717) is 33.5 Å². The van der Waals surface area contributed by atoms with Crippen LogP contribution in [0, 0.1) is 0 Å². The molecule has 0 unspecified atom stereocenters. The Morgan fingerprint density at radius 2 is 1.96 bits per heavy atom. The van der Waals surface area contributed by atoms with Crippen molar-refractivity contribution in [2.75, 3.05) is 6.61 Å². The largest absolute Gasteiger partial charge is 0.478 e. The van der Waals surface area contributed by atoms with Crippen LogP contribution in [0.25, 0.3) is 17.1 Å². The zero-order chi connectivity index (χ0) is 19.3. The second-order valence-corrected chi connectivity index (χ2v) is 7.01. The fraction of sp³-hybridized carbons (Fsp3) is 0.105. The molecule has 0 amide bonds. The zero-order valence-corrected chi connectivity index (χ0v) is 16.4. The van der Waals surface area contributed by atoms with E-state index in [-0.39, 0.29) is 0 Å². The summed E-state index contributed by atoms with van der Waals surface area (Å²) in [7, 11) is 0. The highest BCUT2D eigenvalue weighted by Crippen LogP contribution is 2.32. The van der Waals surface area contributed by atoms with Crippen LogP contribution in [0.1, 0.15) is 6.92 Å². The summed E-state index contributed by atoms with van der Waals surface area (Å²) in [6, 6.07) is 13.1. The SMILES string of the molecule is CCOc1cc(Sc2nnc(-c3cccnc3)n2-c2ccc(Cl)cc2)ncn1. The molecule has 9 heteroatoms. The lowest BCUT2D eigenvalue weighted by Crippen LogP contribution is -2.00. The molecule has 7 nitrogen and oxygen atoms in total. The van der Waals surface area contributed by atoms with Crippen LogP contribution in [0.4, 0.5) is 0 Å². The first-order valence-electron chi connectivity index (χ1n) is 8.49. The molecule has 0 saturated heterocycles. The third-order valence-corrected chi connectivity index (χ3v) is 4.87. The van der Waals surface area contributed by atoms with Crippen molar-refractivity contribution in [3.8, 4) is 23.0 Å². The molecule has 4 rings (SSSR count). The molecule has 0 radical (unpaired) electrons. The topological polar surface area (TPSA) is 78.6 Å². The summed E-state index contributed by atoms with van der Waals surface area (Å²) in [4.78, 5) is 12.6. The minimum Gasteiger partial charge on any atom is -0.478 e. The Kier molecular flexibility index (Phi) is 5.50. The first-order chi connectivity index (χ1) is 13.7. The van der Waals surface area contributed by atoms with E-state index in [0.717, 1.165) is 11.3 Å². The number of benzene rings is 1. The van der Waals surface area contributed by atoms with Crippen LogP contribution in [0.3, 0.4) is 0 Å². The summed E-state index contributed by atoms with van der Waals surface area (Å²) in [5.74, 6) is 1.20.